The van der Waals surface area contributed by atoms with Gasteiger partial charge in [0.25, 0.3) is 0 Å². The van der Waals surface area contributed by atoms with E-state index >= 15 is 0 Å². The SMILES string of the molecule is O=C(O)c1cc(Cl)cc(S(=O)(=O)Cc2ccc(Br)s2)c1Cl. The third kappa shape index (κ3) is 3.78. The summed E-state index contributed by atoms with van der Waals surface area (Å²) in [6.45, 7) is 0. The average molecular weight is 430 g/mol. The van der Waals surface area contributed by atoms with Crippen LogP contribution in [0.4, 0.5) is 0 Å². The lowest BCUT2D eigenvalue weighted by Crippen LogP contribution is -2.08. The maximum atomic E-state index is 12.4. The molecule has 0 unspecified atom stereocenters. The van der Waals surface area contributed by atoms with Crippen LogP contribution in [0.25, 0.3) is 0 Å². The summed E-state index contributed by atoms with van der Waals surface area (Å²) in [5.74, 6) is -1.61. The van der Waals surface area contributed by atoms with E-state index in [1.165, 1.54) is 11.3 Å². The number of thiophene rings is 1. The van der Waals surface area contributed by atoms with E-state index in [0.29, 0.717) is 4.88 Å². The van der Waals surface area contributed by atoms with Crippen molar-refractivity contribution in [2.45, 2.75) is 10.6 Å². The Bertz CT molecular complexity index is 815. The summed E-state index contributed by atoms with van der Waals surface area (Å²) in [5.41, 5.74) is -0.338. The van der Waals surface area contributed by atoms with Gasteiger partial charge in [-0.3, -0.25) is 0 Å². The van der Waals surface area contributed by atoms with Gasteiger partial charge in [-0.05, 0) is 40.2 Å². The van der Waals surface area contributed by atoms with E-state index in [0.717, 1.165) is 15.9 Å². The van der Waals surface area contributed by atoms with Gasteiger partial charge in [-0.25, -0.2) is 13.2 Å². The second-order valence-electron chi connectivity index (χ2n) is 4.04. The average Bonchev–Trinajstić information content (AvgIpc) is 2.76. The van der Waals surface area contributed by atoms with Crippen LogP contribution >= 0.6 is 50.5 Å². The molecule has 0 aliphatic rings. The number of benzene rings is 1. The molecule has 1 heterocycles. The molecule has 112 valence electrons. The summed E-state index contributed by atoms with van der Waals surface area (Å²) in [7, 11) is -3.80. The van der Waals surface area contributed by atoms with E-state index in [2.05, 4.69) is 15.9 Å². The summed E-state index contributed by atoms with van der Waals surface area (Å²) < 4.78 is 25.6. The van der Waals surface area contributed by atoms with Crippen LogP contribution in [0.3, 0.4) is 0 Å². The molecule has 1 aromatic carbocycles. The number of hydrogen-bond donors (Lipinski definition) is 1. The van der Waals surface area contributed by atoms with Crippen LogP contribution in [0.1, 0.15) is 15.2 Å². The standard InChI is InChI=1S/C12H7BrCl2O4S2/c13-10-2-1-7(20-10)5-21(18,19)9-4-6(14)3-8(11(9)15)12(16)17/h1-4H,5H2,(H,16,17). The van der Waals surface area contributed by atoms with Gasteiger partial charge in [-0.1, -0.05) is 23.2 Å². The highest BCUT2D eigenvalue weighted by molar-refractivity contribution is 9.11. The fourth-order valence-corrected chi connectivity index (χ4v) is 5.76. The molecule has 9 heteroatoms. The van der Waals surface area contributed by atoms with Crippen molar-refractivity contribution in [3.8, 4) is 0 Å². The number of carboxylic acids is 1. The maximum Gasteiger partial charge on any atom is 0.337 e. The van der Waals surface area contributed by atoms with Crippen molar-refractivity contribution in [3.63, 3.8) is 0 Å². The van der Waals surface area contributed by atoms with Crippen molar-refractivity contribution in [3.05, 3.63) is 48.5 Å². The number of sulfone groups is 1. The molecule has 0 spiro atoms. The Hall–Kier alpha value is -0.600. The van der Waals surface area contributed by atoms with Crippen molar-refractivity contribution in [1.29, 1.82) is 0 Å². The first-order valence-electron chi connectivity index (χ1n) is 5.40. The first-order chi connectivity index (χ1) is 9.70. The monoisotopic (exact) mass is 428 g/mol. The molecule has 1 aromatic heterocycles. The van der Waals surface area contributed by atoms with E-state index in [4.69, 9.17) is 28.3 Å². The smallest absolute Gasteiger partial charge is 0.337 e. The van der Waals surface area contributed by atoms with Crippen LogP contribution in [-0.2, 0) is 15.6 Å². The Labute approximate surface area is 143 Å². The fraction of sp³-hybridized carbons (Fsp3) is 0.0833. The molecule has 21 heavy (non-hydrogen) atoms. The first-order valence-corrected chi connectivity index (χ1v) is 9.42. The largest absolute Gasteiger partial charge is 0.478 e. The molecule has 2 rings (SSSR count). The molecule has 0 atom stereocenters. The molecule has 0 bridgehead atoms. The molecule has 0 saturated carbocycles. The number of halogens is 3. The van der Waals surface area contributed by atoms with Crippen molar-refractivity contribution >= 4 is 66.3 Å². The van der Waals surface area contributed by atoms with Crippen molar-refractivity contribution in [1.82, 2.24) is 0 Å². The summed E-state index contributed by atoms with van der Waals surface area (Å²) in [6, 6.07) is 5.68. The van der Waals surface area contributed by atoms with Crippen molar-refractivity contribution < 1.29 is 18.3 Å². The Morgan fingerprint density at radius 3 is 2.48 bits per heavy atom. The Morgan fingerprint density at radius 1 is 1.29 bits per heavy atom. The van der Waals surface area contributed by atoms with E-state index in [1.807, 2.05) is 0 Å². The number of carboxylic acid groups (broad SMARTS) is 1. The third-order valence-electron chi connectivity index (χ3n) is 2.53. The van der Waals surface area contributed by atoms with Crippen molar-refractivity contribution in [2.75, 3.05) is 0 Å². The van der Waals surface area contributed by atoms with Gasteiger partial charge in [0.05, 0.1) is 25.0 Å². The lowest BCUT2D eigenvalue weighted by molar-refractivity contribution is 0.0697. The summed E-state index contributed by atoms with van der Waals surface area (Å²) in [5, 5.41) is 8.70. The van der Waals surface area contributed by atoms with Gasteiger partial charge in [0, 0.05) is 9.90 Å². The number of hydrogen-bond acceptors (Lipinski definition) is 4. The van der Waals surface area contributed by atoms with Crippen LogP contribution in [0.2, 0.25) is 10.0 Å². The highest BCUT2D eigenvalue weighted by Gasteiger charge is 2.24. The zero-order valence-electron chi connectivity index (χ0n) is 10.1. The Kier molecular flexibility index (Phi) is 4.99. The second-order valence-corrected chi connectivity index (χ2v) is 9.36. The first kappa shape index (κ1) is 16.8. The fourth-order valence-electron chi connectivity index (χ4n) is 1.64. The number of aromatic carboxylic acids is 1. The molecule has 0 aliphatic heterocycles. The molecule has 0 saturated heterocycles. The topological polar surface area (TPSA) is 71.4 Å². The zero-order valence-corrected chi connectivity index (χ0v) is 14.9. The molecule has 0 aliphatic carbocycles. The van der Waals surface area contributed by atoms with E-state index in [9.17, 15) is 13.2 Å². The van der Waals surface area contributed by atoms with Gasteiger partial charge in [-0.15, -0.1) is 11.3 Å². The molecule has 4 nitrogen and oxygen atoms in total. The molecule has 0 amide bonds. The van der Waals surface area contributed by atoms with Gasteiger partial charge in [0.2, 0.25) is 0 Å². The van der Waals surface area contributed by atoms with Crippen LogP contribution < -0.4 is 0 Å². The molecular weight excluding hydrogens is 423 g/mol. The van der Waals surface area contributed by atoms with Gasteiger partial charge in [0.1, 0.15) is 0 Å². The highest BCUT2D eigenvalue weighted by Crippen LogP contribution is 2.33. The number of rotatable bonds is 4. The Morgan fingerprint density at radius 2 is 1.95 bits per heavy atom. The minimum Gasteiger partial charge on any atom is -0.478 e. The van der Waals surface area contributed by atoms with Crippen LogP contribution in [-0.4, -0.2) is 19.5 Å². The van der Waals surface area contributed by atoms with Crippen molar-refractivity contribution in [2.24, 2.45) is 0 Å². The predicted octanol–water partition coefficient (Wildman–Crippen LogP) is 4.49. The third-order valence-corrected chi connectivity index (χ3v) is 6.76. The van der Waals surface area contributed by atoms with Crippen LogP contribution in [0.5, 0.6) is 0 Å². The normalized spacial score (nSPS) is 11.6. The van der Waals surface area contributed by atoms with Gasteiger partial charge in [-0.2, -0.15) is 0 Å². The van der Waals surface area contributed by atoms with E-state index in [-0.39, 0.29) is 26.3 Å². The maximum absolute atomic E-state index is 12.4. The molecule has 0 fully saturated rings. The second kappa shape index (κ2) is 6.26. The lowest BCUT2D eigenvalue weighted by atomic mass is 10.2. The summed E-state index contributed by atoms with van der Waals surface area (Å²) in [6.07, 6.45) is 0. The van der Waals surface area contributed by atoms with Crippen LogP contribution in [0.15, 0.2) is 32.9 Å². The minimum atomic E-state index is -3.80. The van der Waals surface area contributed by atoms with E-state index < -0.39 is 15.8 Å². The number of carbonyl (C=O) groups is 1. The minimum absolute atomic E-state index is 0.00253. The highest BCUT2D eigenvalue weighted by atomic mass is 79.9. The van der Waals surface area contributed by atoms with Gasteiger partial charge < -0.3 is 5.11 Å². The zero-order chi connectivity index (χ0) is 15.8. The molecule has 0 radical (unpaired) electrons. The van der Waals surface area contributed by atoms with Gasteiger partial charge >= 0.3 is 5.97 Å². The summed E-state index contributed by atoms with van der Waals surface area (Å²) >= 11 is 16.2. The molecular formula is C12H7BrCl2O4S2. The lowest BCUT2D eigenvalue weighted by Gasteiger charge is -2.08. The van der Waals surface area contributed by atoms with Crippen LogP contribution in [0, 0.1) is 0 Å². The quantitative estimate of drug-likeness (QED) is 0.776. The predicted molar refractivity (Wildman–Crippen MR) is 86.3 cm³/mol. The van der Waals surface area contributed by atoms with E-state index in [1.54, 1.807) is 12.1 Å². The molecule has 1 N–H and O–H groups in total. The molecule has 2 aromatic rings. The van der Waals surface area contributed by atoms with Gasteiger partial charge in [0.15, 0.2) is 9.84 Å². The Balaban J connectivity index is 2.52. The summed E-state index contributed by atoms with van der Waals surface area (Å²) in [4.78, 5) is 11.4.